The van der Waals surface area contributed by atoms with Crippen LogP contribution in [0, 0.1) is 5.92 Å². The first-order chi connectivity index (χ1) is 65.4. The number of esters is 1. The molecule has 4 saturated heterocycles. The van der Waals surface area contributed by atoms with Crippen molar-refractivity contribution in [3.63, 3.8) is 0 Å². The first-order valence-corrected chi connectivity index (χ1v) is 47.9. The number of hydrogen-bond acceptors (Lipinski definition) is 25. The number of piperidine rings is 1. The number of oxime groups is 3. The lowest BCUT2D eigenvalue weighted by Crippen LogP contribution is -2.54. The van der Waals surface area contributed by atoms with Gasteiger partial charge < -0.3 is 43.7 Å². The molecule has 0 radical (unpaired) electrons. The summed E-state index contributed by atoms with van der Waals surface area (Å²) in [4.78, 5) is 154. The van der Waals surface area contributed by atoms with Crippen LogP contribution in [0.2, 0.25) is 0 Å². The molecular formula is C110H123ClN8O17. The van der Waals surface area contributed by atoms with Crippen LogP contribution in [0.4, 0.5) is 0 Å². The van der Waals surface area contributed by atoms with E-state index >= 15 is 0 Å². The SMILES string of the molecule is CCC1(C)c2ccc(C(=O)/C(CC3CCNCC3)=N/OC(C)=O)cc2-c2cc(C(=O)C(C)(C)N3CCOCC3)ccc21.CCN(CC)CC/C(=N\OC(=O)CCCl)C(=O)c1ccc(C2c3ccccc3-c3cc(C(=O)C(C)(C)N4CCOCC4)ccc32)cc1.COC(=O)C/C(=N\OC(=O)C1=CC=CC1)C(=O)c1ccc(C2c3ccccc3-c3cc(C(=O)C(C)(C)N4CCOCC4)ccc32)cc1. The van der Waals surface area contributed by atoms with Crippen LogP contribution in [0.15, 0.2) is 209 Å². The van der Waals surface area contributed by atoms with Gasteiger partial charge in [0.1, 0.15) is 17.1 Å². The third kappa shape index (κ3) is 22.0. The number of nitrogens with zero attached hydrogens (tertiary/aromatic N) is 7. The second-order valence-corrected chi connectivity index (χ2v) is 37.7. The van der Waals surface area contributed by atoms with Crippen molar-refractivity contribution in [2.75, 3.05) is 125 Å². The predicted molar refractivity (Wildman–Crippen MR) is 525 cm³/mol. The number of ether oxygens (including phenoxy) is 4. The number of benzene rings is 8. The highest BCUT2D eigenvalue weighted by molar-refractivity contribution is 6.48. The summed E-state index contributed by atoms with van der Waals surface area (Å²) >= 11 is 5.67. The van der Waals surface area contributed by atoms with Gasteiger partial charge >= 0.3 is 23.9 Å². The molecule has 0 aromatic heterocycles. The van der Waals surface area contributed by atoms with Crippen molar-refractivity contribution >= 4 is 87.3 Å². The van der Waals surface area contributed by atoms with E-state index in [1.807, 2.05) is 163 Å². The molecule has 8 aromatic rings. The van der Waals surface area contributed by atoms with E-state index in [1.54, 1.807) is 30.4 Å². The van der Waals surface area contributed by atoms with E-state index in [1.165, 1.54) is 14.0 Å². The summed E-state index contributed by atoms with van der Waals surface area (Å²) in [6.45, 7) is 33.9. The number of alkyl halides is 1. The van der Waals surface area contributed by atoms with Crippen LogP contribution in [-0.4, -0.2) is 237 Å². The van der Waals surface area contributed by atoms with Gasteiger partial charge in [-0.25, -0.2) is 14.4 Å². The highest BCUT2D eigenvalue weighted by atomic mass is 35.5. The van der Waals surface area contributed by atoms with Gasteiger partial charge in [0.15, 0.2) is 17.3 Å². The molecule has 0 bridgehead atoms. The molecule has 25 nitrogen and oxygen atoms in total. The van der Waals surface area contributed by atoms with E-state index in [0.717, 1.165) is 150 Å². The summed E-state index contributed by atoms with van der Waals surface area (Å²) in [6, 6.07) is 55.1. The Kier molecular flexibility index (Phi) is 32.7. The highest BCUT2D eigenvalue weighted by Gasteiger charge is 2.44. The maximum absolute atomic E-state index is 13.9. The molecule has 1 N–H and O–H groups in total. The van der Waals surface area contributed by atoms with Gasteiger partial charge in [-0.1, -0.05) is 207 Å². The smallest absolute Gasteiger partial charge is 0.362 e. The molecule has 4 aliphatic carbocycles. The molecular weight excluding hydrogens is 1740 g/mol. The molecule has 3 atom stereocenters. The van der Waals surface area contributed by atoms with Crippen LogP contribution in [0.5, 0.6) is 0 Å². The van der Waals surface area contributed by atoms with Gasteiger partial charge in [-0.15, -0.1) is 11.6 Å². The maximum atomic E-state index is 13.9. The Hall–Kier alpha value is -11.9. The van der Waals surface area contributed by atoms with Crippen molar-refractivity contribution in [3.05, 3.63) is 272 Å². The Morgan fingerprint density at radius 3 is 1.33 bits per heavy atom. The van der Waals surface area contributed by atoms with Crippen LogP contribution in [0.1, 0.15) is 246 Å². The molecule has 0 spiro atoms. The molecule has 4 heterocycles. The highest BCUT2D eigenvalue weighted by Crippen LogP contribution is 2.53. The van der Waals surface area contributed by atoms with Gasteiger partial charge in [-0.3, -0.25) is 48.3 Å². The van der Waals surface area contributed by atoms with Gasteiger partial charge in [0.2, 0.25) is 17.3 Å². The number of carbonyl (C=O) groups is 10. The topological polar surface area (TPSA) is 297 Å². The van der Waals surface area contributed by atoms with E-state index in [-0.39, 0.29) is 81.2 Å². The standard InChI is InChI=1S/C38H44ClN3O5.C38H36N2O7.C34H43N3O5/c1-5-41(6-2)20-18-33(40-47-34(43)17-19-39)36(44)27-13-11-26(12-14-27)35-30-10-8-7-9-29(30)32-25-28(15-16-31(32)35)37(45)38(3,4)42-21-23-46-24-22-42;1-38(2,40-18-20-46-21-19-40)36(43)27-16-17-30-31(22-27)28-10-6-7-11-29(28)34(30)24-12-14-25(15-13-24)35(42)32(23-33(41)45-3)39-47-37(44)26-8-4-5-9-26;1-6-34(5)28-9-7-24(31(39)30(36-42-22(2)38)19-23-11-13-35-14-12-23)20-26(28)27-21-25(8-10-29(27)34)32(40)33(3,4)37-15-17-41-18-16-37/h7-16,25,35H,5-6,17-24H2,1-4H3;4-8,10-17,22,34H,9,18-21,23H2,1-3H3;7-10,20-21,23,35H,6,11-19H2,1-5H3/b40-33+;39-32+;36-30+. The molecule has 26 heteroatoms. The van der Waals surface area contributed by atoms with Gasteiger partial charge in [-0.05, 0) is 208 Å². The van der Waals surface area contributed by atoms with Crippen molar-refractivity contribution < 1.29 is 81.4 Å². The Morgan fingerprint density at radius 2 is 0.890 bits per heavy atom. The lowest BCUT2D eigenvalue weighted by atomic mass is 9.77. The number of nitrogens with one attached hydrogen (secondary N) is 1. The summed E-state index contributed by atoms with van der Waals surface area (Å²) in [7, 11) is 1.21. The average molecular weight is 1860 g/mol. The number of carbonyl (C=O) groups excluding carboxylic acids is 10. The lowest BCUT2D eigenvalue weighted by molar-refractivity contribution is -0.143. The second kappa shape index (κ2) is 44.5. The molecule has 4 aliphatic heterocycles. The quantitative estimate of drug-likeness (QED) is 0.00998. The molecule has 136 heavy (non-hydrogen) atoms. The zero-order chi connectivity index (χ0) is 96.8. The normalized spacial score (nSPS) is 18.4. The summed E-state index contributed by atoms with van der Waals surface area (Å²) in [5.74, 6) is -3.06. The molecule has 0 amide bonds. The van der Waals surface area contributed by atoms with E-state index in [9.17, 15) is 47.9 Å². The number of morpholine rings is 3. The van der Waals surface area contributed by atoms with Crippen LogP contribution < -0.4 is 5.32 Å². The minimum atomic E-state index is -0.686. The lowest BCUT2D eigenvalue weighted by Gasteiger charge is -2.39. The molecule has 712 valence electrons. The second-order valence-electron chi connectivity index (χ2n) is 37.3. The monoisotopic (exact) mass is 1860 g/mol. The minimum absolute atomic E-state index is 0.0168. The molecule has 3 unspecified atom stereocenters. The summed E-state index contributed by atoms with van der Waals surface area (Å²) in [6.07, 6.45) is 8.69. The molecule has 8 aromatic carbocycles. The van der Waals surface area contributed by atoms with Gasteiger partial charge in [0.25, 0.3) is 0 Å². The fraction of sp³-hybridized carbons (Fsp3) is 0.409. The van der Waals surface area contributed by atoms with Crippen LogP contribution >= 0.6 is 11.6 Å². The van der Waals surface area contributed by atoms with Crippen molar-refractivity contribution in [2.24, 2.45) is 21.4 Å². The van der Waals surface area contributed by atoms with E-state index < -0.39 is 52.7 Å². The fourth-order valence-corrected chi connectivity index (χ4v) is 19.9. The minimum Gasteiger partial charge on any atom is -0.469 e. The Balaban J connectivity index is 0.000000164. The molecule has 8 aliphatic rings. The van der Waals surface area contributed by atoms with Crippen molar-refractivity contribution in [2.45, 2.75) is 161 Å². The van der Waals surface area contributed by atoms with Crippen molar-refractivity contribution in [3.8, 4) is 33.4 Å². The Morgan fingerprint density at radius 1 is 0.478 bits per heavy atom. The number of ketones is 6. The number of methoxy groups -OCH3 is 1. The number of hydrogen-bond donors (Lipinski definition) is 1. The Labute approximate surface area is 801 Å². The average Bonchev–Trinajstić information content (AvgIpc) is 1.37. The number of Topliss-reactive ketones (excluding diaryl/α,β-unsaturated/α-hetero) is 6. The molecule has 16 rings (SSSR count). The zero-order valence-electron chi connectivity index (χ0n) is 80.0. The molecule has 0 saturated carbocycles. The summed E-state index contributed by atoms with van der Waals surface area (Å²) in [5, 5.41) is 15.1. The van der Waals surface area contributed by atoms with Crippen LogP contribution in [0.25, 0.3) is 33.4 Å². The first kappa shape index (κ1) is 100. The van der Waals surface area contributed by atoms with E-state index in [2.05, 4.69) is 104 Å². The first-order valence-electron chi connectivity index (χ1n) is 47.4. The largest absolute Gasteiger partial charge is 0.469 e. The Bertz CT molecular complexity index is 6000. The van der Waals surface area contributed by atoms with Gasteiger partial charge in [0.05, 0.1) is 76.2 Å². The third-order valence-electron chi connectivity index (χ3n) is 28.1. The maximum Gasteiger partial charge on any atom is 0.362 e. The predicted octanol–water partition coefficient (Wildman–Crippen LogP) is 17.4. The van der Waals surface area contributed by atoms with Crippen LogP contribution in [-0.2, 0) is 58.1 Å². The van der Waals surface area contributed by atoms with Crippen molar-refractivity contribution in [1.29, 1.82) is 0 Å². The van der Waals surface area contributed by atoms with E-state index in [4.69, 9.17) is 45.1 Å². The summed E-state index contributed by atoms with van der Waals surface area (Å²) < 4.78 is 21.3. The summed E-state index contributed by atoms with van der Waals surface area (Å²) in [5.41, 5.74) is 16.6. The van der Waals surface area contributed by atoms with Crippen molar-refractivity contribution in [1.82, 2.24) is 24.9 Å². The number of fused-ring (bicyclic) bond motifs is 9. The number of allylic oxidation sites excluding steroid dienone is 3. The fourth-order valence-electron chi connectivity index (χ4n) is 19.7. The number of rotatable bonds is 33. The van der Waals surface area contributed by atoms with Crippen LogP contribution in [0.3, 0.4) is 0 Å². The number of halogens is 1. The van der Waals surface area contributed by atoms with E-state index in [0.29, 0.717) is 118 Å². The van der Waals surface area contributed by atoms with Gasteiger partial charge in [0, 0.05) is 121 Å². The zero-order valence-corrected chi connectivity index (χ0v) is 80.7. The third-order valence-corrected chi connectivity index (χ3v) is 28.3. The van der Waals surface area contributed by atoms with Gasteiger partial charge in [-0.2, -0.15) is 0 Å². The molecule has 4 fully saturated rings.